The number of fused-ring (bicyclic) bond motifs is 1. The highest BCUT2D eigenvalue weighted by Gasteiger charge is 2.26. The van der Waals surface area contributed by atoms with Gasteiger partial charge in [-0.15, -0.1) is 11.3 Å². The van der Waals surface area contributed by atoms with Gasteiger partial charge in [0.25, 0.3) is 11.8 Å². The first-order chi connectivity index (χ1) is 13.9. The minimum Gasteiger partial charge on any atom is -0.489 e. The first-order valence-electron chi connectivity index (χ1n) is 9.34. The highest BCUT2D eigenvalue weighted by Crippen LogP contribution is 2.39. The number of thiophene rings is 1. The Morgan fingerprint density at radius 3 is 2.86 bits per heavy atom. The zero-order valence-corrected chi connectivity index (χ0v) is 17.0. The largest absolute Gasteiger partial charge is 0.489 e. The van der Waals surface area contributed by atoms with Gasteiger partial charge in [-0.25, -0.2) is 0 Å². The lowest BCUT2D eigenvalue weighted by atomic mass is 10.1. The molecule has 1 aromatic carbocycles. The molecule has 0 fully saturated rings. The highest BCUT2D eigenvalue weighted by atomic mass is 32.1. The minimum absolute atomic E-state index is 0.301. The third-order valence-electron chi connectivity index (χ3n) is 5.06. The second-order valence-electron chi connectivity index (χ2n) is 7.00. The van der Waals surface area contributed by atoms with Gasteiger partial charge in [-0.2, -0.15) is 0 Å². The quantitative estimate of drug-likeness (QED) is 0.642. The Morgan fingerprint density at radius 2 is 2.14 bits per heavy atom. The van der Waals surface area contributed by atoms with Crippen molar-refractivity contribution in [1.29, 1.82) is 0 Å². The molecule has 2 aromatic heterocycles. The number of carbonyl (C=O) groups excluding carboxylic acids is 2. The first kappa shape index (κ1) is 19.2. The van der Waals surface area contributed by atoms with Crippen molar-refractivity contribution in [3.63, 3.8) is 0 Å². The van der Waals surface area contributed by atoms with E-state index >= 15 is 0 Å². The van der Waals surface area contributed by atoms with Gasteiger partial charge >= 0.3 is 0 Å². The first-order valence-corrected chi connectivity index (χ1v) is 10.2. The van der Waals surface area contributed by atoms with Crippen LogP contribution in [0.3, 0.4) is 0 Å². The number of anilines is 1. The molecule has 150 valence electrons. The fourth-order valence-corrected chi connectivity index (χ4v) is 4.81. The summed E-state index contributed by atoms with van der Waals surface area (Å²) in [6.45, 7) is 3.99. The zero-order chi connectivity index (χ0) is 20.5. The highest BCUT2D eigenvalue weighted by molar-refractivity contribution is 7.17. The number of ether oxygens (including phenoxy) is 1. The van der Waals surface area contributed by atoms with E-state index in [1.165, 1.54) is 11.3 Å². The second-order valence-corrected chi connectivity index (χ2v) is 8.10. The number of nitrogens with one attached hydrogen (secondary N) is 1. The molecule has 1 aliphatic rings. The molecule has 0 atom stereocenters. The summed E-state index contributed by atoms with van der Waals surface area (Å²) in [5, 5.41) is 7.28. The molecule has 0 spiro atoms. The molecule has 4 rings (SSSR count). The number of carbonyl (C=O) groups is 2. The Hall–Kier alpha value is -3.13. The topological polar surface area (TPSA) is 107 Å². The Balaban J connectivity index is 1.50. The molecule has 2 heterocycles. The molecular formula is C21H21N3O4S. The van der Waals surface area contributed by atoms with E-state index in [1.54, 1.807) is 24.3 Å². The number of nitrogens with zero attached hydrogens (tertiary/aromatic N) is 1. The van der Waals surface area contributed by atoms with Crippen LogP contribution >= 0.6 is 11.3 Å². The molecule has 7 nitrogen and oxygen atoms in total. The zero-order valence-electron chi connectivity index (χ0n) is 16.2. The van der Waals surface area contributed by atoms with Crippen molar-refractivity contribution in [2.45, 2.75) is 39.7 Å². The van der Waals surface area contributed by atoms with Gasteiger partial charge in [0.15, 0.2) is 0 Å². The van der Waals surface area contributed by atoms with E-state index in [-0.39, 0.29) is 5.91 Å². The van der Waals surface area contributed by atoms with Gasteiger partial charge in [-0.1, -0.05) is 11.2 Å². The van der Waals surface area contributed by atoms with Crippen molar-refractivity contribution in [3.05, 3.63) is 62.9 Å². The molecule has 3 N–H and O–H groups in total. The van der Waals surface area contributed by atoms with Gasteiger partial charge in [-0.3, -0.25) is 9.59 Å². The van der Waals surface area contributed by atoms with Gasteiger partial charge in [0.05, 0.1) is 16.8 Å². The molecule has 2 amide bonds. The predicted molar refractivity (Wildman–Crippen MR) is 110 cm³/mol. The summed E-state index contributed by atoms with van der Waals surface area (Å²) in [6, 6.07) is 6.90. The van der Waals surface area contributed by atoms with Crippen molar-refractivity contribution in [2.24, 2.45) is 5.73 Å². The normalized spacial score (nSPS) is 12.6. The number of primary amides is 1. The average Bonchev–Trinajstić information content (AvgIpc) is 3.35. The molecule has 0 radical (unpaired) electrons. The molecular weight excluding hydrogens is 390 g/mol. The van der Waals surface area contributed by atoms with Gasteiger partial charge in [0, 0.05) is 10.4 Å². The summed E-state index contributed by atoms with van der Waals surface area (Å²) in [6.07, 6.45) is 2.76. The Labute approximate surface area is 171 Å². The molecule has 29 heavy (non-hydrogen) atoms. The van der Waals surface area contributed by atoms with E-state index in [2.05, 4.69) is 10.5 Å². The van der Waals surface area contributed by atoms with E-state index in [1.807, 2.05) is 13.8 Å². The SMILES string of the molecule is Cc1noc(C)c1COc1cccc(C(=O)Nc2sc3c(c2C(N)=O)CCC3)c1. The molecule has 8 heteroatoms. The van der Waals surface area contributed by atoms with Crippen LogP contribution in [0.2, 0.25) is 0 Å². The van der Waals surface area contributed by atoms with Crippen LogP contribution in [0.25, 0.3) is 0 Å². The van der Waals surface area contributed by atoms with Crippen LogP contribution in [-0.2, 0) is 19.4 Å². The maximum Gasteiger partial charge on any atom is 0.256 e. The summed E-state index contributed by atoms with van der Waals surface area (Å²) in [7, 11) is 0. The van der Waals surface area contributed by atoms with Gasteiger partial charge in [0.1, 0.15) is 23.1 Å². The van der Waals surface area contributed by atoms with E-state index in [9.17, 15) is 9.59 Å². The van der Waals surface area contributed by atoms with Crippen LogP contribution in [0.5, 0.6) is 5.75 Å². The van der Waals surface area contributed by atoms with Crippen LogP contribution in [0.4, 0.5) is 5.00 Å². The van der Waals surface area contributed by atoms with Crippen LogP contribution < -0.4 is 15.8 Å². The van der Waals surface area contributed by atoms with Crippen molar-refractivity contribution >= 4 is 28.2 Å². The van der Waals surface area contributed by atoms with Crippen LogP contribution in [0.15, 0.2) is 28.8 Å². The predicted octanol–water partition coefficient (Wildman–Crippen LogP) is 3.77. The average molecular weight is 411 g/mol. The van der Waals surface area contributed by atoms with Crippen LogP contribution in [0, 0.1) is 13.8 Å². The summed E-state index contributed by atoms with van der Waals surface area (Å²) in [5.41, 5.74) is 9.09. The minimum atomic E-state index is -0.503. The van der Waals surface area contributed by atoms with Crippen molar-refractivity contribution < 1.29 is 18.8 Å². The van der Waals surface area contributed by atoms with Gasteiger partial charge in [0.2, 0.25) is 0 Å². The maximum absolute atomic E-state index is 12.8. The maximum atomic E-state index is 12.8. The van der Waals surface area contributed by atoms with Crippen LogP contribution in [-0.4, -0.2) is 17.0 Å². The van der Waals surface area contributed by atoms with Gasteiger partial charge in [-0.05, 0) is 56.9 Å². The molecule has 0 saturated carbocycles. The smallest absolute Gasteiger partial charge is 0.256 e. The van der Waals surface area contributed by atoms with Crippen LogP contribution in [0.1, 0.15) is 54.6 Å². The van der Waals surface area contributed by atoms with E-state index in [0.717, 1.165) is 41.0 Å². The molecule has 0 unspecified atom stereocenters. The summed E-state index contributed by atoms with van der Waals surface area (Å²) in [5.74, 6) is 0.453. The number of aryl methyl sites for hydroxylation is 3. The number of hydrogen-bond acceptors (Lipinski definition) is 6. The molecule has 3 aromatic rings. The van der Waals surface area contributed by atoms with Crippen molar-refractivity contribution in [3.8, 4) is 5.75 Å². The summed E-state index contributed by atoms with van der Waals surface area (Å²) in [4.78, 5) is 25.8. The number of benzene rings is 1. The fraction of sp³-hybridized carbons (Fsp3) is 0.286. The number of amides is 2. The number of rotatable bonds is 6. The monoisotopic (exact) mass is 411 g/mol. The number of aromatic nitrogens is 1. The third-order valence-corrected chi connectivity index (χ3v) is 6.26. The molecule has 0 aliphatic heterocycles. The van der Waals surface area contributed by atoms with Crippen molar-refractivity contribution in [1.82, 2.24) is 5.16 Å². The Morgan fingerprint density at radius 1 is 1.31 bits per heavy atom. The van der Waals surface area contributed by atoms with E-state index in [4.69, 9.17) is 15.0 Å². The summed E-state index contributed by atoms with van der Waals surface area (Å²) < 4.78 is 11.0. The van der Waals surface area contributed by atoms with E-state index in [0.29, 0.717) is 34.2 Å². The standard InChI is InChI=1S/C21H21N3O4S/c1-11-16(12(2)28-24-11)10-27-14-6-3-5-13(9-14)20(26)23-21-18(19(22)25)15-7-4-8-17(15)29-21/h3,5-6,9H,4,7-8,10H2,1-2H3,(H2,22,25)(H,23,26). The third kappa shape index (κ3) is 3.75. The number of hydrogen-bond donors (Lipinski definition) is 2. The fourth-order valence-electron chi connectivity index (χ4n) is 3.52. The Bertz CT molecular complexity index is 1080. The lowest BCUT2D eigenvalue weighted by Crippen LogP contribution is -2.17. The molecule has 0 bridgehead atoms. The second kappa shape index (κ2) is 7.71. The lowest BCUT2D eigenvalue weighted by Gasteiger charge is -2.09. The van der Waals surface area contributed by atoms with Gasteiger partial charge < -0.3 is 20.3 Å². The Kier molecular flexibility index (Phi) is 5.10. The van der Waals surface area contributed by atoms with Crippen molar-refractivity contribution in [2.75, 3.05) is 5.32 Å². The molecule has 1 aliphatic carbocycles. The van der Waals surface area contributed by atoms with E-state index < -0.39 is 5.91 Å². The molecule has 0 saturated heterocycles. The number of nitrogens with two attached hydrogens (primary N) is 1. The lowest BCUT2D eigenvalue weighted by molar-refractivity contribution is 0.100. The summed E-state index contributed by atoms with van der Waals surface area (Å²) >= 11 is 1.43.